The molecule has 0 radical (unpaired) electrons. The van der Waals surface area contributed by atoms with Gasteiger partial charge in [0.25, 0.3) is 5.69 Å². The Kier molecular flexibility index (Phi) is 14.0. The zero-order chi connectivity index (χ0) is 38.6. The molecule has 2 saturated heterocycles. The van der Waals surface area contributed by atoms with E-state index in [4.69, 9.17) is 14.6 Å². The van der Waals surface area contributed by atoms with Crippen molar-refractivity contribution in [2.45, 2.75) is 76.6 Å². The van der Waals surface area contributed by atoms with Crippen LogP contribution in [0.25, 0.3) is 11.1 Å². The molecule has 55 heavy (non-hydrogen) atoms. The van der Waals surface area contributed by atoms with Gasteiger partial charge < -0.3 is 29.9 Å². The highest BCUT2D eigenvalue weighted by Gasteiger charge is 2.34. The van der Waals surface area contributed by atoms with Crippen molar-refractivity contribution < 1.29 is 34.2 Å². The Balaban J connectivity index is 1.08. The number of aliphatic hydroxyl groups is 1. The summed E-state index contributed by atoms with van der Waals surface area (Å²) >= 11 is 0. The average molecular weight is 751 g/mol. The van der Waals surface area contributed by atoms with E-state index in [-0.39, 0.29) is 41.8 Å². The van der Waals surface area contributed by atoms with Gasteiger partial charge in [0.05, 0.1) is 23.7 Å². The standard InChI is InChI=1S/C43H50N4O8/c48-30-31-11-13-33(14-12-31)40-27-38(29-45-23-25-46(26-24-45)36-19-21-37(22-20-36)47(52)53)54-43(55-40)34-17-15-32(16-18-34)39-8-6-5-7-35(39)28-44-41(49)9-3-1-2-4-10-42(50)51/h5-8,11-22,38,40,43,48H,1-4,9-10,23-30H2,(H,44,49)(H,50,51). The van der Waals surface area contributed by atoms with Crippen LogP contribution in [-0.2, 0) is 32.2 Å². The van der Waals surface area contributed by atoms with Crippen LogP contribution in [0.15, 0.2) is 97.1 Å². The number of nitrogens with zero attached hydrogens (tertiary/aromatic N) is 3. The fourth-order valence-corrected chi connectivity index (χ4v) is 7.27. The number of carboxylic acid groups (broad SMARTS) is 1. The monoisotopic (exact) mass is 750 g/mol. The Morgan fingerprint density at radius 2 is 1.47 bits per heavy atom. The number of anilines is 1. The Bertz CT molecular complexity index is 1860. The Morgan fingerprint density at radius 3 is 2.15 bits per heavy atom. The summed E-state index contributed by atoms with van der Waals surface area (Å²) in [7, 11) is 0. The first-order valence-corrected chi connectivity index (χ1v) is 19.1. The van der Waals surface area contributed by atoms with Gasteiger partial charge in [-0.2, -0.15) is 0 Å². The van der Waals surface area contributed by atoms with Crippen LogP contribution < -0.4 is 10.2 Å². The lowest BCUT2D eigenvalue weighted by Gasteiger charge is -2.41. The molecule has 2 aliphatic rings. The van der Waals surface area contributed by atoms with Crippen molar-refractivity contribution in [3.63, 3.8) is 0 Å². The fraction of sp³-hybridized carbons (Fsp3) is 0.395. The maximum atomic E-state index is 12.6. The molecule has 4 aromatic carbocycles. The van der Waals surface area contributed by atoms with Crippen LogP contribution in [0.4, 0.5) is 11.4 Å². The quantitative estimate of drug-likeness (QED) is 0.0575. The maximum Gasteiger partial charge on any atom is 0.303 e. The van der Waals surface area contributed by atoms with Crippen molar-refractivity contribution in [1.82, 2.24) is 10.2 Å². The molecule has 12 nitrogen and oxygen atoms in total. The molecule has 2 heterocycles. The van der Waals surface area contributed by atoms with E-state index in [0.717, 1.165) is 91.1 Å². The highest BCUT2D eigenvalue weighted by Crippen LogP contribution is 2.39. The number of nitro groups is 1. The number of rotatable bonds is 17. The molecular weight excluding hydrogens is 700 g/mol. The second kappa shape index (κ2) is 19.4. The van der Waals surface area contributed by atoms with Crippen LogP contribution in [0.5, 0.6) is 0 Å². The first-order chi connectivity index (χ1) is 26.7. The summed E-state index contributed by atoms with van der Waals surface area (Å²) in [6.07, 6.45) is 3.38. The van der Waals surface area contributed by atoms with E-state index in [1.807, 2.05) is 66.7 Å². The number of ether oxygens (including phenoxy) is 2. The third kappa shape index (κ3) is 11.2. The molecule has 0 spiro atoms. The molecule has 290 valence electrons. The van der Waals surface area contributed by atoms with Gasteiger partial charge in [-0.05, 0) is 52.8 Å². The van der Waals surface area contributed by atoms with E-state index in [2.05, 4.69) is 33.3 Å². The number of nitro benzene ring substituents is 1. The molecule has 3 atom stereocenters. The number of amides is 1. The van der Waals surface area contributed by atoms with Gasteiger partial charge >= 0.3 is 5.97 Å². The largest absolute Gasteiger partial charge is 0.481 e. The van der Waals surface area contributed by atoms with Gasteiger partial charge in [-0.15, -0.1) is 0 Å². The summed E-state index contributed by atoms with van der Waals surface area (Å²) in [6, 6.07) is 30.8. The minimum absolute atomic E-state index is 0.0172. The van der Waals surface area contributed by atoms with E-state index < -0.39 is 12.3 Å². The molecular formula is C43H50N4O8. The number of hydrogen-bond acceptors (Lipinski definition) is 9. The molecule has 2 aliphatic heterocycles. The van der Waals surface area contributed by atoms with Crippen molar-refractivity contribution in [3.05, 3.63) is 129 Å². The molecule has 2 fully saturated rings. The average Bonchev–Trinajstić information content (AvgIpc) is 3.21. The molecule has 3 unspecified atom stereocenters. The minimum Gasteiger partial charge on any atom is -0.481 e. The Hall–Kier alpha value is -5.14. The molecule has 3 N–H and O–H groups in total. The highest BCUT2D eigenvalue weighted by atomic mass is 16.7. The summed E-state index contributed by atoms with van der Waals surface area (Å²) in [5, 5.41) is 32.5. The van der Waals surface area contributed by atoms with Crippen molar-refractivity contribution in [3.8, 4) is 11.1 Å². The van der Waals surface area contributed by atoms with Crippen LogP contribution in [0.2, 0.25) is 0 Å². The molecule has 0 aliphatic carbocycles. The van der Waals surface area contributed by atoms with Gasteiger partial charge in [0.15, 0.2) is 6.29 Å². The smallest absolute Gasteiger partial charge is 0.303 e. The SMILES string of the molecule is O=C(O)CCCCCCC(=O)NCc1ccccc1-c1ccc(C2OC(CN3CCN(c4ccc([N+](=O)[O-])cc4)CC3)CC(c3ccc(CO)cc3)O2)cc1. The van der Waals surface area contributed by atoms with Gasteiger partial charge in [-0.1, -0.05) is 85.6 Å². The maximum absolute atomic E-state index is 12.6. The highest BCUT2D eigenvalue weighted by molar-refractivity contribution is 5.76. The molecule has 12 heteroatoms. The number of nitrogens with one attached hydrogen (secondary N) is 1. The van der Waals surface area contributed by atoms with E-state index in [1.54, 1.807) is 12.1 Å². The van der Waals surface area contributed by atoms with E-state index in [9.17, 15) is 24.8 Å². The zero-order valence-electron chi connectivity index (χ0n) is 31.1. The van der Waals surface area contributed by atoms with Gasteiger partial charge in [0.1, 0.15) is 0 Å². The number of non-ortho nitro benzene ring substituents is 1. The number of hydrogen-bond donors (Lipinski definition) is 3. The Morgan fingerprint density at radius 1 is 0.800 bits per heavy atom. The number of carbonyl (C=O) groups excluding carboxylic acids is 1. The Labute approximate surface area is 321 Å². The molecule has 0 saturated carbocycles. The van der Waals surface area contributed by atoms with E-state index in [0.29, 0.717) is 25.8 Å². The molecule has 0 aromatic heterocycles. The van der Waals surface area contributed by atoms with Gasteiger partial charge in [-0.25, -0.2) is 0 Å². The van der Waals surface area contributed by atoms with Crippen molar-refractivity contribution in [2.75, 3.05) is 37.6 Å². The number of benzene rings is 4. The normalized spacial score (nSPS) is 18.9. The minimum atomic E-state index is -0.785. The number of aliphatic carboxylic acids is 1. The number of aliphatic hydroxyl groups excluding tert-OH is 1. The summed E-state index contributed by atoms with van der Waals surface area (Å²) in [6.45, 7) is 4.40. The van der Waals surface area contributed by atoms with Crippen LogP contribution in [0.1, 0.15) is 79.6 Å². The predicted molar refractivity (Wildman–Crippen MR) is 209 cm³/mol. The lowest BCUT2D eigenvalue weighted by Crippen LogP contribution is -2.49. The van der Waals surface area contributed by atoms with Crippen molar-refractivity contribution >= 4 is 23.3 Å². The number of carbonyl (C=O) groups is 2. The number of unbranched alkanes of at least 4 members (excludes halogenated alkanes) is 3. The molecule has 6 rings (SSSR count). The lowest BCUT2D eigenvalue weighted by atomic mass is 9.97. The zero-order valence-corrected chi connectivity index (χ0v) is 31.1. The summed E-state index contributed by atoms with van der Waals surface area (Å²) in [5.74, 6) is -0.802. The second-order valence-corrected chi connectivity index (χ2v) is 14.3. The summed E-state index contributed by atoms with van der Waals surface area (Å²) < 4.78 is 13.3. The van der Waals surface area contributed by atoms with Crippen molar-refractivity contribution in [2.24, 2.45) is 0 Å². The van der Waals surface area contributed by atoms with Crippen molar-refractivity contribution in [1.29, 1.82) is 0 Å². The number of carboxylic acids is 1. The third-order valence-corrected chi connectivity index (χ3v) is 10.4. The van der Waals surface area contributed by atoms with Gasteiger partial charge in [0, 0.05) is 81.9 Å². The second-order valence-electron chi connectivity index (χ2n) is 14.3. The van der Waals surface area contributed by atoms with Crippen LogP contribution in [0, 0.1) is 10.1 Å². The predicted octanol–water partition coefficient (Wildman–Crippen LogP) is 7.16. The van der Waals surface area contributed by atoms with Crippen LogP contribution in [0.3, 0.4) is 0 Å². The number of piperazine rings is 1. The summed E-state index contributed by atoms with van der Waals surface area (Å²) in [4.78, 5) is 38.6. The van der Waals surface area contributed by atoms with Crippen LogP contribution in [-0.4, -0.2) is 70.7 Å². The van der Waals surface area contributed by atoms with Crippen LogP contribution >= 0.6 is 0 Å². The lowest BCUT2D eigenvalue weighted by molar-refractivity contribution is -0.384. The topological polar surface area (TPSA) is 155 Å². The van der Waals surface area contributed by atoms with E-state index in [1.165, 1.54) is 0 Å². The van der Waals surface area contributed by atoms with Gasteiger partial charge in [-0.3, -0.25) is 24.6 Å². The van der Waals surface area contributed by atoms with E-state index >= 15 is 0 Å². The first kappa shape index (κ1) is 39.6. The molecule has 0 bridgehead atoms. The molecule has 4 aromatic rings. The summed E-state index contributed by atoms with van der Waals surface area (Å²) in [5.41, 5.74) is 6.90. The third-order valence-electron chi connectivity index (χ3n) is 10.4. The van der Waals surface area contributed by atoms with Gasteiger partial charge in [0.2, 0.25) is 5.91 Å². The molecule has 1 amide bonds. The first-order valence-electron chi connectivity index (χ1n) is 19.1. The fourth-order valence-electron chi connectivity index (χ4n) is 7.27.